The normalized spacial score (nSPS) is 28.2. The fraction of sp³-hybridized carbons (Fsp3) is 0.889. The predicted molar refractivity (Wildman–Crippen MR) is 47.1 cm³/mol. The van der Waals surface area contributed by atoms with Gasteiger partial charge < -0.3 is 5.32 Å². The number of Topliss-reactive ketones (excluding diaryl/α,β-unsaturated/α-hetero) is 1. The first kappa shape index (κ1) is 8.20. The molecule has 1 N–H and O–H groups in total. The van der Waals surface area contributed by atoms with Crippen LogP contribution in [0.3, 0.4) is 0 Å². The second kappa shape index (κ2) is 3.54. The molecule has 0 spiro atoms. The average Bonchev–Trinajstić information content (AvgIpc) is 2.54. The summed E-state index contributed by atoms with van der Waals surface area (Å²) in [5.41, 5.74) is 0. The van der Waals surface area contributed by atoms with Crippen molar-refractivity contribution in [1.29, 1.82) is 0 Å². The van der Waals surface area contributed by atoms with Crippen molar-refractivity contribution in [3.05, 3.63) is 0 Å². The topological polar surface area (TPSA) is 32.3 Å². The molecule has 2 fully saturated rings. The molecule has 0 aromatic rings. The van der Waals surface area contributed by atoms with Crippen LogP contribution in [-0.2, 0) is 4.79 Å². The molecule has 0 aromatic carbocycles. The van der Waals surface area contributed by atoms with Crippen molar-refractivity contribution in [3.8, 4) is 0 Å². The Kier molecular flexibility index (Phi) is 2.42. The molecule has 68 valence electrons. The number of nitrogens with zero attached hydrogens (tertiary/aromatic N) is 1. The van der Waals surface area contributed by atoms with Crippen LogP contribution in [0.15, 0.2) is 0 Å². The Morgan fingerprint density at radius 3 is 2.67 bits per heavy atom. The number of carbonyl (C=O) groups is 1. The van der Waals surface area contributed by atoms with Gasteiger partial charge in [0.25, 0.3) is 0 Å². The summed E-state index contributed by atoms with van der Waals surface area (Å²) in [6.45, 7) is 3.96. The van der Waals surface area contributed by atoms with Crippen LogP contribution in [0.4, 0.5) is 0 Å². The van der Waals surface area contributed by atoms with Gasteiger partial charge in [0.05, 0.1) is 6.54 Å². The summed E-state index contributed by atoms with van der Waals surface area (Å²) < 4.78 is 0. The van der Waals surface area contributed by atoms with Gasteiger partial charge in [-0.25, -0.2) is 0 Å². The minimum atomic E-state index is 0.425. The number of hydrogen-bond acceptors (Lipinski definition) is 3. The van der Waals surface area contributed by atoms with E-state index in [1.54, 1.807) is 0 Å². The smallest absolute Gasteiger partial charge is 0.148 e. The van der Waals surface area contributed by atoms with E-state index in [0.717, 1.165) is 26.1 Å². The Labute approximate surface area is 73.1 Å². The van der Waals surface area contributed by atoms with Gasteiger partial charge in [-0.05, 0) is 25.9 Å². The summed E-state index contributed by atoms with van der Waals surface area (Å²) in [5, 5.41) is 3.34. The van der Waals surface area contributed by atoms with Crippen LogP contribution in [0.2, 0.25) is 0 Å². The van der Waals surface area contributed by atoms with E-state index in [0.29, 0.717) is 18.4 Å². The van der Waals surface area contributed by atoms with Crippen LogP contribution in [0, 0.1) is 0 Å². The Morgan fingerprint density at radius 1 is 1.33 bits per heavy atom. The molecule has 0 unspecified atom stereocenters. The third kappa shape index (κ3) is 1.67. The lowest BCUT2D eigenvalue weighted by Crippen LogP contribution is -2.42. The summed E-state index contributed by atoms with van der Waals surface area (Å²) in [6.07, 6.45) is 3.21. The van der Waals surface area contributed by atoms with E-state index in [4.69, 9.17) is 0 Å². The number of ketones is 1. The Balaban J connectivity index is 1.86. The molecule has 2 aliphatic heterocycles. The van der Waals surface area contributed by atoms with Crippen molar-refractivity contribution in [2.24, 2.45) is 0 Å². The molecular weight excluding hydrogens is 152 g/mol. The lowest BCUT2D eigenvalue weighted by atomic mass is 10.1. The molecule has 2 aliphatic rings. The molecule has 0 bridgehead atoms. The fourth-order valence-corrected chi connectivity index (χ4v) is 2.14. The summed E-state index contributed by atoms with van der Waals surface area (Å²) in [7, 11) is 0. The number of nitrogens with one attached hydrogen (secondary N) is 1. The molecule has 12 heavy (non-hydrogen) atoms. The van der Waals surface area contributed by atoms with E-state index in [1.807, 2.05) is 0 Å². The van der Waals surface area contributed by atoms with Gasteiger partial charge in [-0.15, -0.1) is 0 Å². The molecular formula is C9H16N2O. The van der Waals surface area contributed by atoms with Crippen molar-refractivity contribution in [3.63, 3.8) is 0 Å². The molecule has 2 saturated heterocycles. The van der Waals surface area contributed by atoms with Gasteiger partial charge in [-0.3, -0.25) is 9.69 Å². The molecule has 2 rings (SSSR count). The van der Waals surface area contributed by atoms with Gasteiger partial charge in [0, 0.05) is 19.0 Å². The largest absolute Gasteiger partial charge is 0.317 e. The second-order valence-electron chi connectivity index (χ2n) is 3.74. The second-order valence-corrected chi connectivity index (χ2v) is 3.74. The number of piperidine rings is 1. The van der Waals surface area contributed by atoms with Crippen LogP contribution in [-0.4, -0.2) is 42.9 Å². The van der Waals surface area contributed by atoms with Gasteiger partial charge in [-0.2, -0.15) is 0 Å². The van der Waals surface area contributed by atoms with Gasteiger partial charge in [0.15, 0.2) is 0 Å². The Morgan fingerprint density at radius 2 is 2.08 bits per heavy atom. The van der Waals surface area contributed by atoms with E-state index in [2.05, 4.69) is 10.2 Å². The highest BCUT2D eigenvalue weighted by molar-refractivity contribution is 5.82. The maximum absolute atomic E-state index is 11.0. The summed E-state index contributed by atoms with van der Waals surface area (Å²) in [4.78, 5) is 13.4. The van der Waals surface area contributed by atoms with Gasteiger partial charge in [0.2, 0.25) is 0 Å². The van der Waals surface area contributed by atoms with Gasteiger partial charge >= 0.3 is 0 Å². The van der Waals surface area contributed by atoms with E-state index >= 15 is 0 Å². The first-order chi connectivity index (χ1) is 5.86. The molecule has 0 aliphatic carbocycles. The zero-order valence-corrected chi connectivity index (χ0v) is 7.38. The lowest BCUT2D eigenvalue weighted by molar-refractivity contribution is -0.117. The van der Waals surface area contributed by atoms with Crippen molar-refractivity contribution < 1.29 is 4.79 Å². The third-order valence-corrected chi connectivity index (χ3v) is 2.88. The highest BCUT2D eigenvalue weighted by atomic mass is 16.1. The number of likely N-dealkylation sites (tertiary alicyclic amines) is 1. The minimum Gasteiger partial charge on any atom is -0.317 e. The van der Waals surface area contributed by atoms with E-state index < -0.39 is 0 Å². The van der Waals surface area contributed by atoms with Crippen LogP contribution in [0.1, 0.15) is 19.3 Å². The molecule has 0 radical (unpaired) electrons. The zero-order valence-electron chi connectivity index (χ0n) is 7.38. The molecule has 3 heteroatoms. The molecule has 2 heterocycles. The molecule has 0 aromatic heterocycles. The van der Waals surface area contributed by atoms with Gasteiger partial charge in [0.1, 0.15) is 5.78 Å². The Hall–Kier alpha value is -0.410. The number of carbonyl (C=O) groups excluding carboxylic acids is 1. The van der Waals surface area contributed by atoms with Crippen LogP contribution in [0.5, 0.6) is 0 Å². The van der Waals surface area contributed by atoms with E-state index in [9.17, 15) is 4.79 Å². The predicted octanol–water partition coefficient (Wildman–Crippen LogP) is 0.0132. The zero-order chi connectivity index (χ0) is 8.39. The highest BCUT2D eigenvalue weighted by Gasteiger charge is 2.27. The third-order valence-electron chi connectivity index (χ3n) is 2.88. The monoisotopic (exact) mass is 168 g/mol. The molecule has 3 nitrogen and oxygen atoms in total. The highest BCUT2D eigenvalue weighted by Crippen LogP contribution is 2.16. The van der Waals surface area contributed by atoms with E-state index in [-0.39, 0.29) is 0 Å². The van der Waals surface area contributed by atoms with Crippen molar-refractivity contribution >= 4 is 5.78 Å². The van der Waals surface area contributed by atoms with Crippen molar-refractivity contribution in [2.45, 2.75) is 25.3 Å². The molecule has 0 saturated carbocycles. The van der Waals surface area contributed by atoms with Crippen LogP contribution in [0.25, 0.3) is 0 Å². The Bertz CT molecular complexity index is 175. The average molecular weight is 168 g/mol. The summed E-state index contributed by atoms with van der Waals surface area (Å²) in [5.74, 6) is 0.425. The quantitative estimate of drug-likeness (QED) is 0.599. The molecule has 0 amide bonds. The van der Waals surface area contributed by atoms with E-state index in [1.165, 1.54) is 12.8 Å². The standard InChI is InChI=1S/C9H16N2O/c12-9-3-6-11(7-9)8-1-4-10-5-2-8/h8,10H,1-7H2. The maximum Gasteiger partial charge on any atom is 0.148 e. The summed E-state index contributed by atoms with van der Waals surface area (Å²) in [6, 6.07) is 0.678. The maximum atomic E-state index is 11.0. The molecule has 0 atom stereocenters. The SMILES string of the molecule is O=C1CCN(C2CCNCC2)C1. The number of rotatable bonds is 1. The fourth-order valence-electron chi connectivity index (χ4n) is 2.14. The minimum absolute atomic E-state index is 0.425. The van der Waals surface area contributed by atoms with Crippen molar-refractivity contribution in [1.82, 2.24) is 10.2 Å². The van der Waals surface area contributed by atoms with Gasteiger partial charge in [-0.1, -0.05) is 0 Å². The number of hydrogen-bond donors (Lipinski definition) is 1. The van der Waals surface area contributed by atoms with Crippen LogP contribution < -0.4 is 5.32 Å². The lowest BCUT2D eigenvalue weighted by Gasteiger charge is -2.30. The van der Waals surface area contributed by atoms with Crippen LogP contribution >= 0.6 is 0 Å². The first-order valence-corrected chi connectivity index (χ1v) is 4.83. The van der Waals surface area contributed by atoms with Crippen molar-refractivity contribution in [2.75, 3.05) is 26.2 Å². The first-order valence-electron chi connectivity index (χ1n) is 4.83. The summed E-state index contributed by atoms with van der Waals surface area (Å²) >= 11 is 0.